The van der Waals surface area contributed by atoms with E-state index in [1.54, 1.807) is 24.3 Å². The van der Waals surface area contributed by atoms with E-state index in [4.69, 9.17) is 28.4 Å². The number of para-hydroxylation sites is 2. The average molecular weight is 683 g/mol. The van der Waals surface area contributed by atoms with Crippen molar-refractivity contribution in [2.45, 2.75) is 58.2 Å². The zero-order valence-corrected chi connectivity index (χ0v) is 28.5. The minimum atomic E-state index is -0.833. The molecule has 0 aliphatic heterocycles. The van der Waals surface area contributed by atoms with Gasteiger partial charge in [0.25, 0.3) is 0 Å². The lowest BCUT2D eigenvalue weighted by Gasteiger charge is -2.29. The second-order valence-corrected chi connectivity index (χ2v) is 11.3. The molecule has 0 bridgehead atoms. The lowest BCUT2D eigenvalue weighted by Crippen LogP contribution is -2.40. The van der Waals surface area contributed by atoms with E-state index in [0.717, 1.165) is 37.8 Å². The topological polar surface area (TPSA) is 148 Å². The van der Waals surface area contributed by atoms with Gasteiger partial charge >= 0.3 is 24.1 Å². The van der Waals surface area contributed by atoms with Crippen molar-refractivity contribution in [3.8, 4) is 11.5 Å². The summed E-state index contributed by atoms with van der Waals surface area (Å²) in [5.41, 5.74) is 0. The molecule has 2 aromatic rings. The number of alkyl carbamates (subject to hydrolysis) is 2. The van der Waals surface area contributed by atoms with E-state index in [1.165, 1.54) is 6.42 Å². The average Bonchev–Trinajstić information content (AvgIpc) is 3.13. The van der Waals surface area contributed by atoms with Crippen LogP contribution in [0, 0.1) is 11.8 Å². The molecule has 1 aliphatic rings. The number of esters is 2. The van der Waals surface area contributed by atoms with Gasteiger partial charge in [0.15, 0.2) is 12.2 Å². The molecular formula is C37H50N2O10. The van der Waals surface area contributed by atoms with E-state index < -0.39 is 36.3 Å². The number of nitrogens with one attached hydrogen (secondary N) is 2. The van der Waals surface area contributed by atoms with Crippen molar-refractivity contribution in [1.29, 1.82) is 0 Å². The van der Waals surface area contributed by atoms with Crippen molar-refractivity contribution >= 4 is 24.1 Å². The summed E-state index contributed by atoms with van der Waals surface area (Å²) in [6, 6.07) is 18.0. The van der Waals surface area contributed by atoms with Crippen LogP contribution in [0.15, 0.2) is 86.0 Å². The van der Waals surface area contributed by atoms with Crippen molar-refractivity contribution in [1.82, 2.24) is 10.6 Å². The summed E-state index contributed by atoms with van der Waals surface area (Å²) < 4.78 is 32.5. The van der Waals surface area contributed by atoms with Crippen LogP contribution >= 0.6 is 0 Å². The molecule has 1 saturated carbocycles. The molecule has 1 aliphatic carbocycles. The highest BCUT2D eigenvalue weighted by Gasteiger charge is 2.25. The summed E-state index contributed by atoms with van der Waals surface area (Å²) >= 11 is 0. The van der Waals surface area contributed by atoms with Crippen molar-refractivity contribution < 1.29 is 47.6 Å². The van der Waals surface area contributed by atoms with Gasteiger partial charge in [0, 0.05) is 25.2 Å². The SMILES string of the molecule is C=CC(=O)OCC(COc1ccccc1)OC(=O)NCC1CCCC(CNC(=O)OC(COC(=O)C=C)COc2ccccc2)C1.CCC. The number of amides is 2. The van der Waals surface area contributed by atoms with Crippen LogP contribution in [0.4, 0.5) is 9.59 Å². The first kappa shape index (κ1) is 40.2. The lowest BCUT2D eigenvalue weighted by molar-refractivity contribution is -0.142. The van der Waals surface area contributed by atoms with Gasteiger partial charge in [-0.2, -0.15) is 0 Å². The van der Waals surface area contributed by atoms with Gasteiger partial charge < -0.3 is 39.1 Å². The van der Waals surface area contributed by atoms with Crippen LogP contribution in [-0.4, -0.2) is 75.9 Å². The van der Waals surface area contributed by atoms with Gasteiger partial charge in [-0.1, -0.05) is 76.2 Å². The maximum absolute atomic E-state index is 12.6. The summed E-state index contributed by atoms with van der Waals surface area (Å²) in [4.78, 5) is 48.3. The Balaban J connectivity index is 0.00000267. The van der Waals surface area contributed by atoms with E-state index in [1.807, 2.05) is 36.4 Å². The van der Waals surface area contributed by atoms with Crippen LogP contribution in [0.2, 0.25) is 0 Å². The third kappa shape index (κ3) is 18.2. The molecule has 12 heteroatoms. The Kier molecular flexibility index (Phi) is 19.8. The number of carbonyl (C=O) groups excluding carboxylic acids is 4. The van der Waals surface area contributed by atoms with Gasteiger partial charge in [-0.25, -0.2) is 19.2 Å². The minimum Gasteiger partial charge on any atom is -0.490 e. The Labute approximate surface area is 289 Å². The van der Waals surface area contributed by atoms with E-state index >= 15 is 0 Å². The Hall–Kier alpha value is -5.00. The highest BCUT2D eigenvalue weighted by Crippen LogP contribution is 2.28. The van der Waals surface area contributed by atoms with Gasteiger partial charge in [-0.3, -0.25) is 0 Å². The minimum absolute atomic E-state index is 0.00888. The van der Waals surface area contributed by atoms with Crippen molar-refractivity contribution in [3.05, 3.63) is 86.0 Å². The molecule has 4 atom stereocenters. The molecule has 0 spiro atoms. The third-order valence-corrected chi connectivity index (χ3v) is 7.02. The molecule has 0 heterocycles. The first-order chi connectivity index (χ1) is 23.8. The van der Waals surface area contributed by atoms with Crippen LogP contribution in [0.3, 0.4) is 0 Å². The van der Waals surface area contributed by atoms with Crippen LogP contribution in [0.25, 0.3) is 0 Å². The second-order valence-electron chi connectivity index (χ2n) is 11.3. The fourth-order valence-electron chi connectivity index (χ4n) is 4.73. The number of benzene rings is 2. The van der Waals surface area contributed by atoms with Crippen LogP contribution in [-0.2, 0) is 28.5 Å². The third-order valence-electron chi connectivity index (χ3n) is 7.02. The number of ether oxygens (including phenoxy) is 6. The zero-order chi connectivity index (χ0) is 35.7. The van der Waals surface area contributed by atoms with E-state index in [2.05, 4.69) is 37.6 Å². The summed E-state index contributed by atoms with van der Waals surface area (Å²) in [7, 11) is 0. The lowest BCUT2D eigenvalue weighted by atomic mass is 9.81. The summed E-state index contributed by atoms with van der Waals surface area (Å²) in [6.07, 6.45) is 3.86. The first-order valence-corrected chi connectivity index (χ1v) is 16.6. The molecule has 0 aromatic heterocycles. The Morgan fingerprint density at radius 1 is 0.694 bits per heavy atom. The number of hydrogen-bond donors (Lipinski definition) is 2. The number of hydrogen-bond acceptors (Lipinski definition) is 10. The molecule has 0 saturated heterocycles. The van der Waals surface area contributed by atoms with Crippen LogP contribution in [0.5, 0.6) is 11.5 Å². The molecule has 12 nitrogen and oxygen atoms in total. The molecule has 3 rings (SSSR count). The monoisotopic (exact) mass is 682 g/mol. The molecular weight excluding hydrogens is 632 g/mol. The van der Waals surface area contributed by atoms with Crippen molar-refractivity contribution in [2.24, 2.45) is 11.8 Å². The van der Waals surface area contributed by atoms with E-state index in [-0.39, 0.29) is 38.3 Å². The van der Waals surface area contributed by atoms with Crippen LogP contribution < -0.4 is 20.1 Å². The maximum atomic E-state index is 12.6. The van der Waals surface area contributed by atoms with Gasteiger partial charge in [0.2, 0.25) is 0 Å². The fraction of sp³-hybridized carbons (Fsp3) is 0.459. The van der Waals surface area contributed by atoms with E-state index in [9.17, 15) is 19.2 Å². The maximum Gasteiger partial charge on any atom is 0.407 e. The Bertz CT molecular complexity index is 1180. The molecule has 2 amide bonds. The predicted molar refractivity (Wildman–Crippen MR) is 184 cm³/mol. The molecule has 4 unspecified atom stereocenters. The number of rotatable bonds is 18. The largest absolute Gasteiger partial charge is 0.490 e. The molecule has 2 N–H and O–H groups in total. The number of carbonyl (C=O) groups is 4. The van der Waals surface area contributed by atoms with Crippen molar-refractivity contribution in [2.75, 3.05) is 39.5 Å². The molecule has 49 heavy (non-hydrogen) atoms. The standard InChI is InChI=1S/C34H42N2O10.C3H8/c1-3-31(37)43-23-29(21-41-27-14-7-5-8-15-27)45-33(39)35-19-25-12-11-13-26(18-25)20-36-34(40)46-30(24-44-32(38)4-2)22-42-28-16-9-6-10-17-28;1-3-2/h3-10,14-17,25-26,29-30H,1-2,11-13,18-24H2,(H,35,39)(H,36,40);3H2,1-2H3. The quantitative estimate of drug-likeness (QED) is 0.109. The first-order valence-electron chi connectivity index (χ1n) is 16.6. The van der Waals surface area contributed by atoms with Crippen LogP contribution in [0.1, 0.15) is 46.0 Å². The summed E-state index contributed by atoms with van der Waals surface area (Å²) in [6.45, 7) is 11.4. The van der Waals surface area contributed by atoms with Crippen molar-refractivity contribution in [3.63, 3.8) is 0 Å². The normalized spacial score (nSPS) is 16.1. The Morgan fingerprint density at radius 3 is 1.45 bits per heavy atom. The predicted octanol–water partition coefficient (Wildman–Crippen LogP) is 6.02. The van der Waals surface area contributed by atoms with Gasteiger partial charge in [-0.15, -0.1) is 0 Å². The molecule has 2 aromatic carbocycles. The molecule has 1 fully saturated rings. The fourth-order valence-corrected chi connectivity index (χ4v) is 4.73. The highest BCUT2D eigenvalue weighted by atomic mass is 16.6. The molecule has 268 valence electrons. The van der Waals surface area contributed by atoms with Gasteiger partial charge in [-0.05, 0) is 55.4 Å². The van der Waals surface area contributed by atoms with Gasteiger partial charge in [0.05, 0.1) is 0 Å². The zero-order valence-electron chi connectivity index (χ0n) is 28.5. The Morgan fingerprint density at radius 2 is 1.08 bits per heavy atom. The summed E-state index contributed by atoms with van der Waals surface area (Å²) in [5.74, 6) is 0.256. The molecule has 0 radical (unpaired) electrons. The van der Waals surface area contributed by atoms with E-state index in [0.29, 0.717) is 24.6 Å². The second kappa shape index (κ2) is 24.2. The van der Waals surface area contributed by atoms with Gasteiger partial charge in [0.1, 0.15) is 37.9 Å². The smallest absolute Gasteiger partial charge is 0.407 e. The highest BCUT2D eigenvalue weighted by molar-refractivity contribution is 5.81. The summed E-state index contributed by atoms with van der Waals surface area (Å²) in [5, 5.41) is 5.60.